The number of hydrogen-bond donors (Lipinski definition) is 2. The van der Waals surface area contributed by atoms with Gasteiger partial charge in [-0.3, -0.25) is 4.79 Å². The average molecular weight is 160 g/mol. The summed E-state index contributed by atoms with van der Waals surface area (Å²) in [5, 5.41) is 18.7. The third kappa shape index (κ3) is 2.01. The van der Waals surface area contributed by atoms with Crippen LogP contribution in [0.15, 0.2) is 0 Å². The summed E-state index contributed by atoms with van der Waals surface area (Å²) in [6.45, 7) is 4.78. The van der Waals surface area contributed by atoms with Crippen molar-refractivity contribution in [3.8, 4) is 0 Å². The van der Waals surface area contributed by atoms with Crippen molar-refractivity contribution in [1.29, 1.82) is 0 Å². The Kier molecular flexibility index (Phi) is 3.69. The van der Waals surface area contributed by atoms with Crippen molar-refractivity contribution in [2.24, 2.45) is 0 Å². The molecule has 0 heterocycles. The van der Waals surface area contributed by atoms with E-state index in [0.717, 1.165) is 0 Å². The van der Waals surface area contributed by atoms with Gasteiger partial charge >= 0.3 is 0 Å². The van der Waals surface area contributed by atoms with Gasteiger partial charge in [-0.2, -0.15) is 0 Å². The highest BCUT2D eigenvalue weighted by Crippen LogP contribution is 2.17. The number of ketones is 1. The molecule has 0 rings (SSSR count). The molecule has 3 nitrogen and oxygen atoms in total. The minimum Gasteiger partial charge on any atom is -0.390 e. The van der Waals surface area contributed by atoms with Gasteiger partial charge in [0.2, 0.25) is 0 Å². The van der Waals surface area contributed by atoms with Gasteiger partial charge in [0.05, 0.1) is 6.10 Å². The molecule has 0 amide bonds. The Morgan fingerprint density at radius 2 is 2.00 bits per heavy atom. The van der Waals surface area contributed by atoms with Crippen molar-refractivity contribution in [3.05, 3.63) is 0 Å². The molecule has 0 aliphatic rings. The van der Waals surface area contributed by atoms with Gasteiger partial charge in [-0.25, -0.2) is 0 Å². The minimum atomic E-state index is -1.53. The zero-order chi connectivity index (χ0) is 9.07. The molecule has 0 aromatic rings. The highest BCUT2D eigenvalue weighted by atomic mass is 16.3. The highest BCUT2D eigenvalue weighted by Gasteiger charge is 2.37. The minimum absolute atomic E-state index is 0.259. The van der Waals surface area contributed by atoms with E-state index in [0.29, 0.717) is 0 Å². The van der Waals surface area contributed by atoms with Crippen LogP contribution in [0.25, 0.3) is 0 Å². The van der Waals surface area contributed by atoms with Crippen LogP contribution < -0.4 is 0 Å². The van der Waals surface area contributed by atoms with Gasteiger partial charge in [0.15, 0.2) is 5.78 Å². The van der Waals surface area contributed by atoms with Gasteiger partial charge in [0.25, 0.3) is 0 Å². The zero-order valence-corrected chi connectivity index (χ0v) is 7.29. The Hall–Kier alpha value is -0.410. The van der Waals surface area contributed by atoms with E-state index in [1.165, 1.54) is 6.92 Å². The van der Waals surface area contributed by atoms with Crippen LogP contribution in [0, 0.1) is 0 Å². The van der Waals surface area contributed by atoms with E-state index in [4.69, 9.17) is 5.11 Å². The van der Waals surface area contributed by atoms with Gasteiger partial charge in [-0.15, -0.1) is 0 Å². The van der Waals surface area contributed by atoms with Crippen LogP contribution in [0.1, 0.15) is 33.6 Å². The van der Waals surface area contributed by atoms with Gasteiger partial charge in [0, 0.05) is 6.42 Å². The summed E-state index contributed by atoms with van der Waals surface area (Å²) in [7, 11) is 0. The molecular weight excluding hydrogens is 144 g/mol. The molecule has 0 bridgehead atoms. The number of carbonyl (C=O) groups is 1. The van der Waals surface area contributed by atoms with E-state index in [1.807, 2.05) is 0 Å². The number of rotatable bonds is 4. The number of Topliss-reactive ketones (excluding diaryl/α,β-unsaturated/α-hetero) is 1. The lowest BCUT2D eigenvalue weighted by Crippen LogP contribution is -2.47. The zero-order valence-electron chi connectivity index (χ0n) is 7.29. The first-order valence-corrected chi connectivity index (χ1v) is 3.92. The lowest BCUT2D eigenvalue weighted by molar-refractivity contribution is -0.149. The summed E-state index contributed by atoms with van der Waals surface area (Å²) in [5.41, 5.74) is -1.53. The first-order valence-electron chi connectivity index (χ1n) is 3.92. The SMILES string of the molecule is CCC(=O)C(O)(CC)C(C)O. The van der Waals surface area contributed by atoms with E-state index in [2.05, 4.69) is 0 Å². The number of aliphatic hydroxyl groups excluding tert-OH is 1. The van der Waals surface area contributed by atoms with Crippen molar-refractivity contribution in [3.63, 3.8) is 0 Å². The quantitative estimate of drug-likeness (QED) is 0.629. The van der Waals surface area contributed by atoms with Gasteiger partial charge < -0.3 is 10.2 Å². The molecule has 0 radical (unpaired) electrons. The second-order valence-electron chi connectivity index (χ2n) is 2.73. The van der Waals surface area contributed by atoms with Crippen molar-refractivity contribution >= 4 is 5.78 Å². The number of hydrogen-bond acceptors (Lipinski definition) is 3. The third-order valence-electron chi connectivity index (χ3n) is 2.03. The van der Waals surface area contributed by atoms with E-state index < -0.39 is 11.7 Å². The van der Waals surface area contributed by atoms with Gasteiger partial charge in [0.1, 0.15) is 5.60 Å². The molecule has 66 valence electrons. The van der Waals surface area contributed by atoms with Crippen LogP contribution in [0.2, 0.25) is 0 Å². The molecule has 0 aliphatic heterocycles. The summed E-state index contributed by atoms with van der Waals surface area (Å²) in [5.74, 6) is -0.296. The molecule has 11 heavy (non-hydrogen) atoms. The predicted molar refractivity (Wildman–Crippen MR) is 42.2 cm³/mol. The van der Waals surface area contributed by atoms with Gasteiger partial charge in [-0.1, -0.05) is 13.8 Å². The standard InChI is InChI=1S/C8H16O3/c1-4-7(10)8(11,5-2)6(3)9/h6,9,11H,4-5H2,1-3H3. The first kappa shape index (κ1) is 10.6. The first-order chi connectivity index (χ1) is 4.99. The maximum absolute atomic E-state index is 11.1. The summed E-state index contributed by atoms with van der Waals surface area (Å²) in [4.78, 5) is 11.1. The molecule has 2 unspecified atom stereocenters. The molecule has 0 aliphatic carbocycles. The summed E-state index contributed by atoms with van der Waals surface area (Å²) in [6, 6.07) is 0. The van der Waals surface area contributed by atoms with E-state index in [1.54, 1.807) is 13.8 Å². The van der Waals surface area contributed by atoms with Gasteiger partial charge in [-0.05, 0) is 13.3 Å². The van der Waals surface area contributed by atoms with Crippen LogP contribution in [0.4, 0.5) is 0 Å². The van der Waals surface area contributed by atoms with Crippen LogP contribution in [0.3, 0.4) is 0 Å². The predicted octanol–water partition coefficient (Wildman–Crippen LogP) is 0.487. The van der Waals surface area contributed by atoms with E-state index in [9.17, 15) is 9.90 Å². The fraction of sp³-hybridized carbons (Fsp3) is 0.875. The fourth-order valence-electron chi connectivity index (χ4n) is 1.03. The van der Waals surface area contributed by atoms with Crippen LogP contribution >= 0.6 is 0 Å². The molecule has 0 aromatic carbocycles. The van der Waals surface area contributed by atoms with E-state index in [-0.39, 0.29) is 18.6 Å². The molecule has 2 N–H and O–H groups in total. The van der Waals surface area contributed by atoms with Crippen LogP contribution in [-0.4, -0.2) is 27.7 Å². The maximum Gasteiger partial charge on any atom is 0.166 e. The Balaban J connectivity index is 4.45. The summed E-state index contributed by atoms with van der Waals surface area (Å²) < 4.78 is 0. The lowest BCUT2D eigenvalue weighted by Gasteiger charge is -2.27. The average Bonchev–Trinajstić information content (AvgIpc) is 2.01. The molecule has 0 saturated heterocycles. The molecular formula is C8H16O3. The Morgan fingerprint density at radius 3 is 2.09 bits per heavy atom. The van der Waals surface area contributed by atoms with Crippen molar-refractivity contribution < 1.29 is 15.0 Å². The Labute approximate surface area is 67.0 Å². The van der Waals surface area contributed by atoms with Crippen molar-refractivity contribution in [1.82, 2.24) is 0 Å². The second kappa shape index (κ2) is 3.83. The molecule has 0 saturated carbocycles. The largest absolute Gasteiger partial charge is 0.390 e. The normalized spacial score (nSPS) is 19.0. The molecule has 0 fully saturated rings. The Bertz CT molecular complexity index is 142. The van der Waals surface area contributed by atoms with Crippen molar-refractivity contribution in [2.75, 3.05) is 0 Å². The molecule has 0 aromatic heterocycles. The molecule has 2 atom stereocenters. The smallest absolute Gasteiger partial charge is 0.166 e. The summed E-state index contributed by atoms with van der Waals surface area (Å²) >= 11 is 0. The maximum atomic E-state index is 11.1. The lowest BCUT2D eigenvalue weighted by atomic mass is 9.88. The third-order valence-corrected chi connectivity index (χ3v) is 2.03. The van der Waals surface area contributed by atoms with Crippen molar-refractivity contribution in [2.45, 2.75) is 45.3 Å². The topological polar surface area (TPSA) is 57.5 Å². The Morgan fingerprint density at radius 1 is 1.55 bits per heavy atom. The monoisotopic (exact) mass is 160 g/mol. The summed E-state index contributed by atoms with van der Waals surface area (Å²) in [6.07, 6.45) is -0.466. The molecule has 0 spiro atoms. The van der Waals surface area contributed by atoms with Crippen LogP contribution in [0.5, 0.6) is 0 Å². The number of carbonyl (C=O) groups excluding carboxylic acids is 1. The fourth-order valence-corrected chi connectivity index (χ4v) is 1.03. The number of aliphatic hydroxyl groups is 2. The molecule has 3 heteroatoms. The van der Waals surface area contributed by atoms with Crippen LogP contribution in [-0.2, 0) is 4.79 Å². The highest BCUT2D eigenvalue weighted by molar-refractivity contribution is 5.87. The second-order valence-corrected chi connectivity index (χ2v) is 2.73. The van der Waals surface area contributed by atoms with E-state index >= 15 is 0 Å².